The topological polar surface area (TPSA) is 33.3 Å². The van der Waals surface area contributed by atoms with Crippen molar-refractivity contribution in [2.75, 3.05) is 18.5 Å². The van der Waals surface area contributed by atoms with E-state index in [1.807, 2.05) is 6.07 Å². The van der Waals surface area contributed by atoms with Crippen LogP contribution in [-0.4, -0.2) is 18.3 Å². The average molecular weight is 264 g/mol. The second-order valence-corrected chi connectivity index (χ2v) is 4.48. The Morgan fingerprint density at radius 2 is 2.17 bits per heavy atom. The van der Waals surface area contributed by atoms with Gasteiger partial charge in [0.25, 0.3) is 0 Å². The molecule has 0 aliphatic heterocycles. The molecule has 0 aliphatic rings. The van der Waals surface area contributed by atoms with Gasteiger partial charge in [0.1, 0.15) is 0 Å². The molecule has 0 spiro atoms. The molecular formula is C14H20N2OS. The predicted molar refractivity (Wildman–Crippen MR) is 80.9 cm³/mol. The lowest BCUT2D eigenvalue weighted by Crippen LogP contribution is -2.29. The minimum absolute atomic E-state index is 0.636. The van der Waals surface area contributed by atoms with Gasteiger partial charge in [0.15, 0.2) is 5.11 Å². The molecule has 2 N–H and O–H groups in total. The molecule has 0 amide bonds. The van der Waals surface area contributed by atoms with E-state index in [0.717, 1.165) is 18.7 Å². The lowest BCUT2D eigenvalue weighted by molar-refractivity contribution is 0.247. The van der Waals surface area contributed by atoms with Crippen molar-refractivity contribution in [2.45, 2.75) is 20.3 Å². The smallest absolute Gasteiger partial charge is 0.170 e. The number of thiocarbonyl (C=S) groups is 1. The monoisotopic (exact) mass is 264 g/mol. The zero-order chi connectivity index (χ0) is 13.4. The molecule has 0 radical (unpaired) electrons. The van der Waals surface area contributed by atoms with Crippen LogP contribution in [-0.2, 0) is 4.74 Å². The first-order valence-electron chi connectivity index (χ1n) is 5.98. The SMILES string of the molecule is C=COCCCNC(=S)Nc1ccc(C)c(C)c1. The molecule has 0 aromatic heterocycles. The fourth-order valence-corrected chi connectivity index (χ4v) is 1.66. The highest BCUT2D eigenvalue weighted by atomic mass is 32.1. The summed E-state index contributed by atoms with van der Waals surface area (Å²) in [5.74, 6) is 0. The highest BCUT2D eigenvalue weighted by Crippen LogP contribution is 2.13. The highest BCUT2D eigenvalue weighted by molar-refractivity contribution is 7.80. The summed E-state index contributed by atoms with van der Waals surface area (Å²) in [6.07, 6.45) is 2.34. The Balaban J connectivity index is 2.31. The summed E-state index contributed by atoms with van der Waals surface area (Å²) in [7, 11) is 0. The Hall–Kier alpha value is -1.55. The molecule has 0 bridgehead atoms. The van der Waals surface area contributed by atoms with Crippen LogP contribution >= 0.6 is 12.2 Å². The third-order valence-corrected chi connectivity index (χ3v) is 2.85. The molecule has 0 atom stereocenters. The van der Waals surface area contributed by atoms with E-state index in [1.165, 1.54) is 17.4 Å². The summed E-state index contributed by atoms with van der Waals surface area (Å²) >= 11 is 5.21. The van der Waals surface area contributed by atoms with Gasteiger partial charge in [-0.05, 0) is 55.7 Å². The number of anilines is 1. The van der Waals surface area contributed by atoms with Crippen LogP contribution in [0.25, 0.3) is 0 Å². The summed E-state index contributed by atoms with van der Waals surface area (Å²) in [4.78, 5) is 0. The van der Waals surface area contributed by atoms with Gasteiger partial charge in [-0.15, -0.1) is 0 Å². The van der Waals surface area contributed by atoms with Gasteiger partial charge in [0, 0.05) is 12.2 Å². The quantitative estimate of drug-likeness (QED) is 0.470. The lowest BCUT2D eigenvalue weighted by atomic mass is 10.1. The van der Waals surface area contributed by atoms with Crippen molar-refractivity contribution in [2.24, 2.45) is 0 Å². The van der Waals surface area contributed by atoms with Gasteiger partial charge in [0.05, 0.1) is 12.9 Å². The van der Waals surface area contributed by atoms with E-state index < -0.39 is 0 Å². The fraction of sp³-hybridized carbons (Fsp3) is 0.357. The Kier molecular flexibility index (Phi) is 6.22. The van der Waals surface area contributed by atoms with E-state index in [0.29, 0.717) is 11.7 Å². The van der Waals surface area contributed by atoms with Gasteiger partial charge in [-0.3, -0.25) is 0 Å². The van der Waals surface area contributed by atoms with Crippen molar-refractivity contribution in [1.29, 1.82) is 0 Å². The van der Waals surface area contributed by atoms with Crippen molar-refractivity contribution in [3.05, 3.63) is 42.2 Å². The summed E-state index contributed by atoms with van der Waals surface area (Å²) in [6.45, 7) is 9.10. The number of rotatable bonds is 6. The summed E-state index contributed by atoms with van der Waals surface area (Å²) in [5.41, 5.74) is 3.54. The Morgan fingerprint density at radius 3 is 2.83 bits per heavy atom. The number of ether oxygens (including phenoxy) is 1. The third kappa shape index (κ3) is 5.19. The predicted octanol–water partition coefficient (Wildman–Crippen LogP) is 3.14. The molecule has 0 heterocycles. The van der Waals surface area contributed by atoms with Crippen LogP contribution in [0.2, 0.25) is 0 Å². The first-order chi connectivity index (χ1) is 8.63. The summed E-state index contributed by atoms with van der Waals surface area (Å²) in [6, 6.07) is 6.19. The van der Waals surface area contributed by atoms with Gasteiger partial charge in [-0.1, -0.05) is 12.6 Å². The molecule has 18 heavy (non-hydrogen) atoms. The molecule has 1 aromatic rings. The molecule has 1 aromatic carbocycles. The zero-order valence-electron chi connectivity index (χ0n) is 11.0. The fourth-order valence-electron chi connectivity index (χ4n) is 1.44. The molecule has 98 valence electrons. The zero-order valence-corrected chi connectivity index (χ0v) is 11.8. The number of aryl methyl sites for hydroxylation is 2. The molecule has 4 heteroatoms. The van der Waals surface area contributed by atoms with Crippen LogP contribution in [0, 0.1) is 13.8 Å². The number of nitrogens with one attached hydrogen (secondary N) is 2. The van der Waals surface area contributed by atoms with Crippen molar-refractivity contribution >= 4 is 23.0 Å². The molecule has 0 saturated heterocycles. The summed E-state index contributed by atoms with van der Waals surface area (Å²) in [5, 5.41) is 6.93. The molecule has 0 unspecified atom stereocenters. The van der Waals surface area contributed by atoms with Crippen LogP contribution < -0.4 is 10.6 Å². The van der Waals surface area contributed by atoms with Gasteiger partial charge in [-0.25, -0.2) is 0 Å². The number of hydrogen-bond acceptors (Lipinski definition) is 2. The largest absolute Gasteiger partial charge is 0.502 e. The number of hydrogen-bond donors (Lipinski definition) is 2. The van der Waals surface area contributed by atoms with Crippen molar-refractivity contribution in [3.8, 4) is 0 Å². The highest BCUT2D eigenvalue weighted by Gasteiger charge is 1.99. The minimum Gasteiger partial charge on any atom is -0.502 e. The molecule has 3 nitrogen and oxygen atoms in total. The normalized spacial score (nSPS) is 9.67. The average Bonchev–Trinajstić information content (AvgIpc) is 2.34. The van der Waals surface area contributed by atoms with Crippen molar-refractivity contribution in [3.63, 3.8) is 0 Å². The van der Waals surface area contributed by atoms with E-state index in [4.69, 9.17) is 17.0 Å². The van der Waals surface area contributed by atoms with Crippen molar-refractivity contribution in [1.82, 2.24) is 5.32 Å². The molecule has 0 saturated carbocycles. The van der Waals surface area contributed by atoms with Gasteiger partial charge in [0.2, 0.25) is 0 Å². The van der Waals surface area contributed by atoms with Gasteiger partial charge in [-0.2, -0.15) is 0 Å². The third-order valence-electron chi connectivity index (χ3n) is 2.61. The molecule has 0 fully saturated rings. The van der Waals surface area contributed by atoms with Crippen LogP contribution in [0.15, 0.2) is 31.0 Å². The first-order valence-corrected chi connectivity index (χ1v) is 6.39. The number of benzene rings is 1. The van der Waals surface area contributed by atoms with Crippen LogP contribution in [0.5, 0.6) is 0 Å². The Bertz CT molecular complexity index is 418. The van der Waals surface area contributed by atoms with Crippen molar-refractivity contribution < 1.29 is 4.74 Å². The maximum absolute atomic E-state index is 5.21. The Morgan fingerprint density at radius 1 is 1.39 bits per heavy atom. The second kappa shape index (κ2) is 7.71. The van der Waals surface area contributed by atoms with Crippen LogP contribution in [0.4, 0.5) is 5.69 Å². The second-order valence-electron chi connectivity index (χ2n) is 4.07. The maximum Gasteiger partial charge on any atom is 0.170 e. The maximum atomic E-state index is 5.21. The van der Waals surface area contributed by atoms with Crippen LogP contribution in [0.3, 0.4) is 0 Å². The molecule has 1 rings (SSSR count). The van der Waals surface area contributed by atoms with E-state index in [-0.39, 0.29) is 0 Å². The summed E-state index contributed by atoms with van der Waals surface area (Å²) < 4.78 is 5.02. The van der Waals surface area contributed by atoms with E-state index in [1.54, 1.807) is 0 Å². The molecular weight excluding hydrogens is 244 g/mol. The first kappa shape index (κ1) is 14.5. The van der Waals surface area contributed by atoms with E-state index in [2.05, 4.69) is 43.2 Å². The van der Waals surface area contributed by atoms with Crippen LogP contribution in [0.1, 0.15) is 17.5 Å². The minimum atomic E-state index is 0.636. The van der Waals surface area contributed by atoms with E-state index >= 15 is 0 Å². The Labute approximate surface area is 114 Å². The van der Waals surface area contributed by atoms with Gasteiger partial charge < -0.3 is 15.4 Å². The lowest BCUT2D eigenvalue weighted by Gasteiger charge is -2.11. The molecule has 0 aliphatic carbocycles. The van der Waals surface area contributed by atoms with E-state index in [9.17, 15) is 0 Å². The standard InChI is InChI=1S/C14H20N2OS/c1-4-17-9-5-8-15-14(18)16-13-7-6-11(2)12(3)10-13/h4,6-7,10H,1,5,8-9H2,2-3H3,(H2,15,16,18). The van der Waals surface area contributed by atoms with Gasteiger partial charge >= 0.3 is 0 Å².